The van der Waals surface area contributed by atoms with Gasteiger partial charge in [0.15, 0.2) is 0 Å². The third-order valence-electron chi connectivity index (χ3n) is 6.05. The summed E-state index contributed by atoms with van der Waals surface area (Å²) in [5, 5.41) is 1.58. The smallest absolute Gasteiger partial charge is 0.0866 e. The SMILES string of the molecule is CC1(C)OC2(CCCCC2)C[C@@H]1[Si](C)(C)c1ccccc1. The largest absolute Gasteiger partial charge is 0.369 e. The minimum atomic E-state index is -1.52. The van der Waals surface area contributed by atoms with Gasteiger partial charge < -0.3 is 4.74 Å². The van der Waals surface area contributed by atoms with Crippen molar-refractivity contribution in [3.05, 3.63) is 30.3 Å². The monoisotopic (exact) mass is 302 g/mol. The van der Waals surface area contributed by atoms with Crippen molar-refractivity contribution in [3.63, 3.8) is 0 Å². The van der Waals surface area contributed by atoms with Gasteiger partial charge in [0.05, 0.1) is 19.3 Å². The van der Waals surface area contributed by atoms with Crippen LogP contribution in [0.4, 0.5) is 0 Å². The van der Waals surface area contributed by atoms with E-state index in [4.69, 9.17) is 4.74 Å². The highest BCUT2D eigenvalue weighted by Crippen LogP contribution is 2.55. The Labute approximate surface area is 131 Å². The molecule has 0 amide bonds. The van der Waals surface area contributed by atoms with E-state index in [-0.39, 0.29) is 11.2 Å². The van der Waals surface area contributed by atoms with Gasteiger partial charge in [-0.25, -0.2) is 0 Å². The van der Waals surface area contributed by atoms with Crippen LogP contribution in [0.5, 0.6) is 0 Å². The summed E-state index contributed by atoms with van der Waals surface area (Å²) >= 11 is 0. The lowest BCUT2D eigenvalue weighted by Gasteiger charge is -2.38. The Morgan fingerprint density at radius 3 is 2.24 bits per heavy atom. The van der Waals surface area contributed by atoms with Gasteiger partial charge in [0.2, 0.25) is 0 Å². The Morgan fingerprint density at radius 1 is 1.00 bits per heavy atom. The fourth-order valence-corrected chi connectivity index (χ4v) is 9.12. The molecule has 1 atom stereocenters. The molecule has 1 aromatic carbocycles. The summed E-state index contributed by atoms with van der Waals surface area (Å²) in [6.07, 6.45) is 7.97. The Kier molecular flexibility index (Phi) is 3.82. The van der Waals surface area contributed by atoms with Gasteiger partial charge in [-0.05, 0) is 38.7 Å². The summed E-state index contributed by atoms with van der Waals surface area (Å²) in [5.41, 5.74) is 0.944. The van der Waals surface area contributed by atoms with E-state index < -0.39 is 8.07 Å². The lowest BCUT2D eigenvalue weighted by Crippen LogP contribution is -2.51. The van der Waals surface area contributed by atoms with Crippen molar-refractivity contribution in [2.75, 3.05) is 0 Å². The average molecular weight is 303 g/mol. The Hall–Kier alpha value is -0.603. The van der Waals surface area contributed by atoms with Gasteiger partial charge in [0.25, 0.3) is 0 Å². The van der Waals surface area contributed by atoms with E-state index in [2.05, 4.69) is 57.3 Å². The molecule has 0 radical (unpaired) electrons. The van der Waals surface area contributed by atoms with Crippen molar-refractivity contribution in [1.82, 2.24) is 0 Å². The first kappa shape index (κ1) is 15.3. The summed E-state index contributed by atoms with van der Waals surface area (Å²) in [7, 11) is -1.52. The van der Waals surface area contributed by atoms with E-state index in [0.29, 0.717) is 5.54 Å². The van der Waals surface area contributed by atoms with Gasteiger partial charge in [-0.2, -0.15) is 0 Å². The van der Waals surface area contributed by atoms with Gasteiger partial charge in [-0.15, -0.1) is 0 Å². The Balaban J connectivity index is 1.90. The van der Waals surface area contributed by atoms with Crippen molar-refractivity contribution in [3.8, 4) is 0 Å². The lowest BCUT2D eigenvalue weighted by molar-refractivity contribution is -0.103. The molecule has 0 bridgehead atoms. The highest BCUT2D eigenvalue weighted by Gasteiger charge is 2.56. The van der Waals surface area contributed by atoms with Crippen LogP contribution in [0.25, 0.3) is 0 Å². The molecule has 2 heteroatoms. The minimum Gasteiger partial charge on any atom is -0.369 e. The zero-order valence-corrected chi connectivity index (χ0v) is 15.1. The van der Waals surface area contributed by atoms with Gasteiger partial charge in [-0.1, -0.05) is 67.9 Å². The van der Waals surface area contributed by atoms with E-state index in [1.165, 1.54) is 38.5 Å². The quantitative estimate of drug-likeness (QED) is 0.708. The molecule has 116 valence electrons. The van der Waals surface area contributed by atoms with E-state index in [1.54, 1.807) is 5.19 Å². The molecular formula is C19H30OSi. The van der Waals surface area contributed by atoms with Crippen LogP contribution in [0.3, 0.4) is 0 Å². The van der Waals surface area contributed by atoms with Crippen LogP contribution in [0, 0.1) is 0 Å². The van der Waals surface area contributed by atoms with Crippen LogP contribution in [0.2, 0.25) is 18.6 Å². The number of hydrogen-bond donors (Lipinski definition) is 0. The van der Waals surface area contributed by atoms with Crippen LogP contribution in [0.15, 0.2) is 30.3 Å². The molecule has 1 spiro atoms. The third kappa shape index (κ3) is 2.73. The van der Waals surface area contributed by atoms with Gasteiger partial charge in [0.1, 0.15) is 0 Å². The minimum absolute atomic E-state index is 0.0307. The lowest BCUT2D eigenvalue weighted by atomic mass is 9.82. The first-order valence-corrected chi connectivity index (χ1v) is 11.7. The van der Waals surface area contributed by atoms with Gasteiger partial charge in [0, 0.05) is 0 Å². The van der Waals surface area contributed by atoms with Crippen LogP contribution in [-0.2, 0) is 4.74 Å². The zero-order valence-electron chi connectivity index (χ0n) is 14.1. The van der Waals surface area contributed by atoms with Crippen LogP contribution in [-0.4, -0.2) is 19.3 Å². The van der Waals surface area contributed by atoms with Crippen molar-refractivity contribution in [2.24, 2.45) is 0 Å². The third-order valence-corrected chi connectivity index (χ3v) is 10.5. The first-order chi connectivity index (χ1) is 9.86. The van der Waals surface area contributed by atoms with Crippen LogP contribution in [0.1, 0.15) is 52.4 Å². The molecule has 2 fully saturated rings. The highest BCUT2D eigenvalue weighted by atomic mass is 28.3. The van der Waals surface area contributed by atoms with E-state index >= 15 is 0 Å². The second-order valence-corrected chi connectivity index (χ2v) is 13.0. The maximum Gasteiger partial charge on any atom is 0.0866 e. The molecule has 0 unspecified atom stereocenters. The summed E-state index contributed by atoms with van der Waals surface area (Å²) in [6, 6.07) is 11.2. The molecule has 1 saturated heterocycles. The fourth-order valence-electron chi connectivity index (χ4n) is 4.98. The normalized spacial score (nSPS) is 27.9. The molecule has 3 rings (SSSR count). The van der Waals surface area contributed by atoms with Crippen molar-refractivity contribution in [1.29, 1.82) is 0 Å². The predicted octanol–water partition coefficient (Wildman–Crippen LogP) is 4.87. The van der Waals surface area contributed by atoms with E-state index in [1.807, 2.05) is 0 Å². The van der Waals surface area contributed by atoms with Crippen LogP contribution >= 0.6 is 0 Å². The van der Waals surface area contributed by atoms with Crippen LogP contribution < -0.4 is 5.19 Å². The van der Waals surface area contributed by atoms with Gasteiger partial charge in [-0.3, -0.25) is 0 Å². The van der Waals surface area contributed by atoms with Crippen molar-refractivity contribution >= 4 is 13.3 Å². The molecule has 1 aliphatic carbocycles. The highest BCUT2D eigenvalue weighted by molar-refractivity contribution is 6.91. The Bertz CT molecular complexity index is 486. The molecular weight excluding hydrogens is 272 g/mol. The molecule has 1 aliphatic heterocycles. The van der Waals surface area contributed by atoms with Gasteiger partial charge >= 0.3 is 0 Å². The average Bonchev–Trinajstić information content (AvgIpc) is 2.72. The summed E-state index contributed by atoms with van der Waals surface area (Å²) in [6.45, 7) is 9.78. The second-order valence-electron chi connectivity index (χ2n) is 8.29. The van der Waals surface area contributed by atoms with E-state index in [9.17, 15) is 0 Å². The molecule has 21 heavy (non-hydrogen) atoms. The van der Waals surface area contributed by atoms with Crippen molar-refractivity contribution in [2.45, 2.75) is 82.2 Å². The molecule has 1 aromatic rings. The number of hydrogen-bond acceptors (Lipinski definition) is 1. The molecule has 1 heterocycles. The Morgan fingerprint density at radius 2 is 1.62 bits per heavy atom. The maximum atomic E-state index is 6.73. The standard InChI is InChI=1S/C19H30OSi/c1-18(2)17(15-19(20-18)13-9-6-10-14-19)21(3,4)16-11-7-5-8-12-16/h5,7-8,11-12,17H,6,9-10,13-15H2,1-4H3/t17-/m0/s1. The zero-order chi connectivity index (χ0) is 15.1. The topological polar surface area (TPSA) is 9.23 Å². The summed E-state index contributed by atoms with van der Waals surface area (Å²) in [4.78, 5) is 0. The molecule has 1 saturated carbocycles. The number of rotatable bonds is 2. The number of benzene rings is 1. The number of ether oxygens (including phenoxy) is 1. The maximum absolute atomic E-state index is 6.73. The fraction of sp³-hybridized carbons (Fsp3) is 0.684. The molecule has 2 aliphatic rings. The molecule has 1 nitrogen and oxygen atoms in total. The first-order valence-electron chi connectivity index (χ1n) is 8.62. The summed E-state index contributed by atoms with van der Waals surface area (Å²) in [5.74, 6) is 0. The molecule has 0 N–H and O–H groups in total. The predicted molar refractivity (Wildman–Crippen MR) is 92.9 cm³/mol. The van der Waals surface area contributed by atoms with E-state index in [0.717, 1.165) is 0 Å². The summed E-state index contributed by atoms with van der Waals surface area (Å²) < 4.78 is 6.73. The van der Waals surface area contributed by atoms with Crippen molar-refractivity contribution < 1.29 is 4.74 Å². The molecule has 0 aromatic heterocycles. The second kappa shape index (κ2) is 5.24.